The number of hydrogen-bond acceptors (Lipinski definition) is 4. The van der Waals surface area contributed by atoms with E-state index in [1.807, 2.05) is 60.7 Å². The molecule has 2 atom stereocenters. The quantitative estimate of drug-likeness (QED) is 0.311. The summed E-state index contributed by atoms with van der Waals surface area (Å²) < 4.78 is 0. The van der Waals surface area contributed by atoms with Gasteiger partial charge in [-0.05, 0) is 24.0 Å². The Labute approximate surface area is 163 Å². The monoisotopic (exact) mass is 384 g/mol. The van der Waals surface area contributed by atoms with E-state index in [1.54, 1.807) is 0 Å². The molecular formula is C21H24N2O5. The Morgan fingerprint density at radius 3 is 1.89 bits per heavy atom. The second kappa shape index (κ2) is 10.8. The van der Waals surface area contributed by atoms with Gasteiger partial charge in [0.15, 0.2) is 0 Å². The van der Waals surface area contributed by atoms with E-state index in [1.165, 1.54) is 0 Å². The van der Waals surface area contributed by atoms with Crippen LogP contribution in [0.15, 0.2) is 60.7 Å². The summed E-state index contributed by atoms with van der Waals surface area (Å²) in [7, 11) is 0. The molecule has 0 aromatic heterocycles. The first-order valence-electron chi connectivity index (χ1n) is 8.98. The molecule has 7 heteroatoms. The lowest BCUT2D eigenvalue weighted by Crippen LogP contribution is -2.42. The first kappa shape index (κ1) is 21.1. The zero-order valence-corrected chi connectivity index (χ0v) is 15.4. The molecular weight excluding hydrogens is 360 g/mol. The zero-order chi connectivity index (χ0) is 20.4. The number of rotatable bonds is 11. The number of carboxylic acids is 1. The highest BCUT2D eigenvalue weighted by molar-refractivity contribution is 5.80. The van der Waals surface area contributed by atoms with Crippen LogP contribution in [0.4, 0.5) is 0 Å². The molecule has 0 heterocycles. The number of carbonyl (C=O) groups is 3. The predicted molar refractivity (Wildman–Crippen MR) is 102 cm³/mol. The van der Waals surface area contributed by atoms with Gasteiger partial charge in [0.25, 0.3) is 0 Å². The van der Waals surface area contributed by atoms with Gasteiger partial charge in [-0.25, -0.2) is 5.06 Å². The van der Waals surface area contributed by atoms with Gasteiger partial charge in [-0.3, -0.25) is 19.6 Å². The van der Waals surface area contributed by atoms with Crippen LogP contribution in [0.2, 0.25) is 0 Å². The first-order chi connectivity index (χ1) is 13.5. The van der Waals surface area contributed by atoms with Crippen molar-refractivity contribution in [3.05, 3.63) is 71.8 Å². The van der Waals surface area contributed by atoms with Crippen molar-refractivity contribution >= 4 is 18.3 Å². The third-order valence-corrected chi connectivity index (χ3v) is 4.42. The van der Waals surface area contributed by atoms with E-state index in [9.17, 15) is 24.7 Å². The Morgan fingerprint density at radius 2 is 1.43 bits per heavy atom. The molecule has 0 bridgehead atoms. The van der Waals surface area contributed by atoms with Crippen LogP contribution in [0.25, 0.3) is 0 Å². The van der Waals surface area contributed by atoms with Gasteiger partial charge in [-0.2, -0.15) is 0 Å². The number of nitrogens with one attached hydrogen (secondary N) is 1. The van der Waals surface area contributed by atoms with Crippen molar-refractivity contribution in [2.24, 2.45) is 11.8 Å². The third kappa shape index (κ3) is 6.85. The molecule has 0 aliphatic carbocycles. The van der Waals surface area contributed by atoms with Crippen molar-refractivity contribution in [1.82, 2.24) is 10.4 Å². The summed E-state index contributed by atoms with van der Waals surface area (Å²) in [5.74, 6) is -2.90. The van der Waals surface area contributed by atoms with E-state index >= 15 is 0 Å². The van der Waals surface area contributed by atoms with Crippen molar-refractivity contribution < 1.29 is 24.7 Å². The third-order valence-electron chi connectivity index (χ3n) is 4.42. The van der Waals surface area contributed by atoms with Crippen LogP contribution >= 0.6 is 0 Å². The molecule has 0 aliphatic heterocycles. The van der Waals surface area contributed by atoms with E-state index in [0.29, 0.717) is 17.9 Å². The van der Waals surface area contributed by atoms with Crippen LogP contribution in [-0.4, -0.2) is 46.8 Å². The van der Waals surface area contributed by atoms with Gasteiger partial charge in [-0.1, -0.05) is 60.7 Å². The molecule has 0 saturated heterocycles. The molecule has 0 fully saturated rings. The minimum absolute atomic E-state index is 0.0408. The molecule has 3 N–H and O–H groups in total. The standard InChI is InChI=1S/C21H24N2O5/c24-15-23(28)14-19(12-17-9-5-2-6-10-17)20(25)22-13-18(21(26)27)11-16-7-3-1-4-8-16/h1-10,15,18-19,28H,11-14H2,(H,22,25)(H,26,27)/t18-,19+/m0/s1. The van der Waals surface area contributed by atoms with Gasteiger partial charge in [0.05, 0.1) is 18.4 Å². The lowest BCUT2D eigenvalue weighted by Gasteiger charge is -2.21. The van der Waals surface area contributed by atoms with Crippen LogP contribution in [-0.2, 0) is 27.2 Å². The lowest BCUT2D eigenvalue weighted by atomic mass is 9.96. The molecule has 0 unspecified atom stereocenters. The number of benzene rings is 2. The predicted octanol–water partition coefficient (Wildman–Crippen LogP) is 1.75. The summed E-state index contributed by atoms with van der Waals surface area (Å²) in [6, 6.07) is 18.4. The minimum atomic E-state index is -1.000. The molecule has 2 rings (SSSR count). The number of hydroxylamine groups is 2. The van der Waals surface area contributed by atoms with Gasteiger partial charge in [0.1, 0.15) is 0 Å². The number of hydrogen-bond donors (Lipinski definition) is 3. The molecule has 0 aliphatic rings. The van der Waals surface area contributed by atoms with Crippen LogP contribution in [0.3, 0.4) is 0 Å². The normalized spacial score (nSPS) is 12.6. The summed E-state index contributed by atoms with van der Waals surface area (Å²) in [6.07, 6.45) is 0.842. The summed E-state index contributed by atoms with van der Waals surface area (Å²) in [5, 5.41) is 22.0. The molecule has 0 radical (unpaired) electrons. The number of amides is 2. The molecule has 7 nitrogen and oxygen atoms in total. The molecule has 148 valence electrons. The summed E-state index contributed by atoms with van der Waals surface area (Å²) in [6.45, 7) is -0.221. The maximum Gasteiger partial charge on any atom is 0.308 e. The lowest BCUT2D eigenvalue weighted by molar-refractivity contribution is -0.154. The number of carbonyl (C=O) groups excluding carboxylic acids is 2. The second-order valence-electron chi connectivity index (χ2n) is 6.58. The van der Waals surface area contributed by atoms with E-state index in [0.717, 1.165) is 11.1 Å². The Balaban J connectivity index is 2.01. The fraction of sp³-hybridized carbons (Fsp3) is 0.286. The second-order valence-corrected chi connectivity index (χ2v) is 6.58. The smallest absolute Gasteiger partial charge is 0.308 e. The van der Waals surface area contributed by atoms with Crippen LogP contribution < -0.4 is 5.32 Å². The molecule has 2 aromatic carbocycles. The molecule has 2 aromatic rings. The average molecular weight is 384 g/mol. The SMILES string of the molecule is O=CN(O)C[C@@H](Cc1ccccc1)C(=O)NC[C@H](Cc1ccccc1)C(=O)O. The fourth-order valence-corrected chi connectivity index (χ4v) is 2.92. The average Bonchev–Trinajstić information content (AvgIpc) is 2.71. The largest absolute Gasteiger partial charge is 0.481 e. The van der Waals surface area contributed by atoms with Crippen molar-refractivity contribution in [2.75, 3.05) is 13.1 Å². The van der Waals surface area contributed by atoms with E-state index < -0.39 is 23.7 Å². The Hall–Kier alpha value is -3.19. The molecule has 2 amide bonds. The summed E-state index contributed by atoms with van der Waals surface area (Å²) in [5.41, 5.74) is 1.74. The highest BCUT2D eigenvalue weighted by atomic mass is 16.5. The Kier molecular flexibility index (Phi) is 8.17. The van der Waals surface area contributed by atoms with Crippen LogP contribution in [0.1, 0.15) is 11.1 Å². The van der Waals surface area contributed by atoms with E-state index in [-0.39, 0.29) is 19.5 Å². The van der Waals surface area contributed by atoms with Crippen molar-refractivity contribution in [1.29, 1.82) is 0 Å². The van der Waals surface area contributed by atoms with Gasteiger partial charge in [-0.15, -0.1) is 0 Å². The maximum absolute atomic E-state index is 12.6. The van der Waals surface area contributed by atoms with E-state index in [4.69, 9.17) is 0 Å². The van der Waals surface area contributed by atoms with Crippen molar-refractivity contribution in [3.8, 4) is 0 Å². The van der Waals surface area contributed by atoms with Crippen LogP contribution in [0.5, 0.6) is 0 Å². The van der Waals surface area contributed by atoms with Gasteiger partial charge in [0.2, 0.25) is 12.3 Å². The van der Waals surface area contributed by atoms with Crippen molar-refractivity contribution in [3.63, 3.8) is 0 Å². The molecule has 28 heavy (non-hydrogen) atoms. The highest BCUT2D eigenvalue weighted by Crippen LogP contribution is 2.12. The molecule has 0 saturated carbocycles. The fourth-order valence-electron chi connectivity index (χ4n) is 2.92. The Morgan fingerprint density at radius 1 is 0.929 bits per heavy atom. The number of nitrogens with zero attached hydrogens (tertiary/aromatic N) is 1. The zero-order valence-electron chi connectivity index (χ0n) is 15.4. The van der Waals surface area contributed by atoms with Gasteiger partial charge in [0, 0.05) is 6.54 Å². The maximum atomic E-state index is 12.6. The first-order valence-corrected chi connectivity index (χ1v) is 8.98. The number of aliphatic carboxylic acids is 1. The molecule has 0 spiro atoms. The van der Waals surface area contributed by atoms with E-state index in [2.05, 4.69) is 5.32 Å². The van der Waals surface area contributed by atoms with Crippen molar-refractivity contribution in [2.45, 2.75) is 12.8 Å². The topological polar surface area (TPSA) is 107 Å². The van der Waals surface area contributed by atoms with Crippen LogP contribution in [0, 0.1) is 11.8 Å². The number of carboxylic acid groups (broad SMARTS) is 1. The summed E-state index contributed by atoms with van der Waals surface area (Å²) in [4.78, 5) is 34.9. The summed E-state index contributed by atoms with van der Waals surface area (Å²) >= 11 is 0. The highest BCUT2D eigenvalue weighted by Gasteiger charge is 2.24. The minimum Gasteiger partial charge on any atom is -0.481 e. The van der Waals surface area contributed by atoms with Gasteiger partial charge >= 0.3 is 5.97 Å². The van der Waals surface area contributed by atoms with Gasteiger partial charge < -0.3 is 10.4 Å². The Bertz CT molecular complexity index is 767.